The van der Waals surface area contributed by atoms with Crippen LogP contribution >= 0.6 is 11.8 Å². The van der Waals surface area contributed by atoms with Gasteiger partial charge in [-0.05, 0) is 42.8 Å². The Hall–Kier alpha value is -2.73. The monoisotopic (exact) mass is 427 g/mol. The summed E-state index contributed by atoms with van der Waals surface area (Å²) in [7, 11) is 0. The lowest BCUT2D eigenvalue weighted by Gasteiger charge is -2.47. The van der Waals surface area contributed by atoms with Crippen LogP contribution in [0.1, 0.15) is 22.7 Å². The zero-order valence-electron chi connectivity index (χ0n) is 16.3. The molecule has 0 aliphatic carbocycles. The van der Waals surface area contributed by atoms with Gasteiger partial charge in [0.05, 0.1) is 17.5 Å². The summed E-state index contributed by atoms with van der Waals surface area (Å²) < 4.78 is 39.0. The van der Waals surface area contributed by atoms with Crippen LogP contribution in [0.25, 0.3) is 0 Å². The molecule has 1 amide bonds. The van der Waals surface area contributed by atoms with Gasteiger partial charge in [-0.3, -0.25) is 4.79 Å². The van der Waals surface area contributed by atoms with Gasteiger partial charge in [0.15, 0.2) is 0 Å². The Morgan fingerprint density at radius 1 is 0.933 bits per heavy atom. The number of anilines is 1. The Bertz CT molecular complexity index is 1030. The summed E-state index contributed by atoms with van der Waals surface area (Å²) in [5, 5.41) is 0. The van der Waals surface area contributed by atoms with Gasteiger partial charge in [0.2, 0.25) is 5.91 Å². The fraction of sp³-hybridized carbons (Fsp3) is 0.208. The number of aryl methyl sites for hydroxylation is 1. The van der Waals surface area contributed by atoms with Gasteiger partial charge < -0.3 is 4.90 Å². The number of thioether (sulfide) groups is 1. The van der Waals surface area contributed by atoms with Gasteiger partial charge in [-0.1, -0.05) is 54.1 Å². The van der Waals surface area contributed by atoms with Crippen LogP contribution in [-0.2, 0) is 11.0 Å². The normalized spacial score (nSPS) is 18.9. The molecule has 0 N–H and O–H groups in total. The molecule has 0 aromatic heterocycles. The number of alkyl halides is 3. The lowest BCUT2D eigenvalue weighted by Crippen LogP contribution is -2.56. The van der Waals surface area contributed by atoms with Crippen LogP contribution in [0.4, 0.5) is 18.9 Å². The highest BCUT2D eigenvalue weighted by Gasteiger charge is 2.48. The SMILES string of the molecule is Cc1ccc(N2C(=O)C(CSc3cccc(C(F)(F)F)c3)C2c2ccccc2)cc1. The maximum Gasteiger partial charge on any atom is 0.416 e. The Morgan fingerprint density at radius 2 is 1.63 bits per heavy atom. The summed E-state index contributed by atoms with van der Waals surface area (Å²) in [6, 6.07) is 22.7. The van der Waals surface area contributed by atoms with Crippen molar-refractivity contribution in [1.29, 1.82) is 0 Å². The number of hydrogen-bond acceptors (Lipinski definition) is 2. The van der Waals surface area contributed by atoms with Crippen LogP contribution < -0.4 is 4.90 Å². The van der Waals surface area contributed by atoms with E-state index < -0.39 is 11.7 Å². The van der Waals surface area contributed by atoms with Gasteiger partial charge in [0.1, 0.15) is 0 Å². The van der Waals surface area contributed by atoms with Gasteiger partial charge in [-0.2, -0.15) is 13.2 Å². The summed E-state index contributed by atoms with van der Waals surface area (Å²) in [6.45, 7) is 1.99. The van der Waals surface area contributed by atoms with Gasteiger partial charge in [-0.15, -0.1) is 11.8 Å². The molecule has 2 unspecified atom stereocenters. The van der Waals surface area contributed by atoms with Crippen LogP contribution in [-0.4, -0.2) is 11.7 Å². The van der Waals surface area contributed by atoms with Crippen molar-refractivity contribution in [1.82, 2.24) is 0 Å². The summed E-state index contributed by atoms with van der Waals surface area (Å²) in [5.74, 6) is 0.114. The van der Waals surface area contributed by atoms with Gasteiger partial charge in [-0.25, -0.2) is 0 Å². The summed E-state index contributed by atoms with van der Waals surface area (Å²) in [4.78, 5) is 15.3. The van der Waals surface area contributed by atoms with E-state index in [1.807, 2.05) is 61.5 Å². The van der Waals surface area contributed by atoms with Gasteiger partial charge in [0, 0.05) is 16.3 Å². The molecule has 30 heavy (non-hydrogen) atoms. The molecule has 1 aliphatic heterocycles. The molecule has 1 fully saturated rings. The minimum Gasteiger partial charge on any atom is -0.304 e. The molecule has 1 aliphatic rings. The highest BCUT2D eigenvalue weighted by molar-refractivity contribution is 7.99. The molecule has 3 aromatic carbocycles. The second-order valence-electron chi connectivity index (χ2n) is 7.34. The Morgan fingerprint density at radius 3 is 2.30 bits per heavy atom. The Labute approximate surface area is 177 Å². The van der Waals surface area contributed by atoms with Gasteiger partial charge >= 0.3 is 6.18 Å². The molecular formula is C24H20F3NOS. The van der Waals surface area contributed by atoms with Gasteiger partial charge in [0.25, 0.3) is 0 Å². The van der Waals surface area contributed by atoms with Crippen LogP contribution in [0, 0.1) is 12.8 Å². The maximum absolute atomic E-state index is 13.0. The number of nitrogens with zero attached hydrogens (tertiary/aromatic N) is 1. The first-order valence-corrected chi connectivity index (χ1v) is 10.6. The van der Waals surface area contributed by atoms with Crippen molar-refractivity contribution in [3.8, 4) is 0 Å². The molecular weight excluding hydrogens is 407 g/mol. The highest BCUT2D eigenvalue weighted by Crippen LogP contribution is 2.45. The molecule has 6 heteroatoms. The number of carbonyl (C=O) groups excluding carboxylic acids is 1. The van der Waals surface area contributed by atoms with Crippen molar-refractivity contribution in [3.63, 3.8) is 0 Å². The van der Waals surface area contributed by atoms with Crippen molar-refractivity contribution < 1.29 is 18.0 Å². The van der Waals surface area contributed by atoms with E-state index in [9.17, 15) is 18.0 Å². The van der Waals surface area contributed by atoms with E-state index in [0.717, 1.165) is 28.9 Å². The maximum atomic E-state index is 13.0. The third-order valence-electron chi connectivity index (χ3n) is 5.26. The summed E-state index contributed by atoms with van der Waals surface area (Å²) in [6.07, 6.45) is -4.38. The van der Waals surface area contributed by atoms with Crippen LogP contribution in [0.5, 0.6) is 0 Å². The van der Waals surface area contributed by atoms with Crippen molar-refractivity contribution in [3.05, 3.63) is 95.6 Å². The number of amides is 1. The van der Waals surface area contributed by atoms with E-state index in [2.05, 4.69) is 0 Å². The largest absolute Gasteiger partial charge is 0.416 e. The van der Waals surface area contributed by atoms with E-state index in [0.29, 0.717) is 10.6 Å². The zero-order valence-corrected chi connectivity index (χ0v) is 17.1. The molecule has 3 aromatic rings. The molecule has 154 valence electrons. The lowest BCUT2D eigenvalue weighted by atomic mass is 9.83. The fourth-order valence-corrected chi connectivity index (χ4v) is 4.77. The minimum absolute atomic E-state index is 0.00724. The average molecular weight is 427 g/mol. The number of β-lactam (4-membered cyclic amide) rings is 1. The van der Waals surface area contributed by atoms with E-state index >= 15 is 0 Å². The predicted molar refractivity (Wildman–Crippen MR) is 114 cm³/mol. The standard InChI is InChI=1S/C24H20F3NOS/c1-16-10-12-19(13-11-16)28-22(17-6-3-2-4-7-17)21(23(28)29)15-30-20-9-5-8-18(14-20)24(25,26)27/h2-14,21-22H,15H2,1H3. The van der Waals surface area contributed by atoms with E-state index in [4.69, 9.17) is 0 Å². The molecule has 0 spiro atoms. The molecule has 4 rings (SSSR count). The second-order valence-corrected chi connectivity index (χ2v) is 8.44. The first kappa shape index (κ1) is 20.5. The van der Waals surface area contributed by atoms with Crippen molar-refractivity contribution >= 4 is 23.4 Å². The first-order valence-electron chi connectivity index (χ1n) is 9.59. The molecule has 2 atom stereocenters. The molecule has 2 nitrogen and oxygen atoms in total. The quantitative estimate of drug-likeness (QED) is 0.342. The smallest absolute Gasteiger partial charge is 0.304 e. The number of rotatable bonds is 5. The van der Waals surface area contributed by atoms with E-state index in [1.54, 1.807) is 11.0 Å². The Balaban J connectivity index is 1.57. The molecule has 0 bridgehead atoms. The van der Waals surface area contributed by atoms with Crippen LogP contribution in [0.2, 0.25) is 0 Å². The third kappa shape index (κ3) is 4.10. The second kappa shape index (κ2) is 8.19. The van der Waals surface area contributed by atoms with Crippen LogP contribution in [0.15, 0.2) is 83.8 Å². The molecule has 0 radical (unpaired) electrons. The summed E-state index contributed by atoms with van der Waals surface area (Å²) in [5.41, 5.74) is 2.29. The number of carbonyl (C=O) groups is 1. The number of hydrogen-bond donors (Lipinski definition) is 0. The molecule has 0 saturated carbocycles. The predicted octanol–water partition coefficient (Wildman–Crippen LogP) is 6.51. The van der Waals surface area contributed by atoms with Crippen LogP contribution in [0.3, 0.4) is 0 Å². The van der Waals surface area contributed by atoms with Crippen molar-refractivity contribution in [2.24, 2.45) is 5.92 Å². The Kier molecular flexibility index (Phi) is 5.60. The summed E-state index contributed by atoms with van der Waals surface area (Å²) >= 11 is 1.29. The molecule has 1 heterocycles. The third-order valence-corrected chi connectivity index (χ3v) is 6.37. The molecule has 1 saturated heterocycles. The first-order chi connectivity index (χ1) is 14.3. The topological polar surface area (TPSA) is 20.3 Å². The van der Waals surface area contributed by atoms with E-state index in [1.165, 1.54) is 17.8 Å². The lowest BCUT2D eigenvalue weighted by molar-refractivity contribution is -0.137. The average Bonchev–Trinajstić information content (AvgIpc) is 2.73. The van der Waals surface area contributed by atoms with Crippen molar-refractivity contribution in [2.75, 3.05) is 10.7 Å². The van der Waals surface area contributed by atoms with E-state index in [-0.39, 0.29) is 17.9 Å². The highest BCUT2D eigenvalue weighted by atomic mass is 32.2. The zero-order chi connectivity index (χ0) is 21.3. The number of benzene rings is 3. The number of halogens is 3. The van der Waals surface area contributed by atoms with Crippen molar-refractivity contribution in [2.45, 2.75) is 24.0 Å². The minimum atomic E-state index is -4.38. The fourth-order valence-electron chi connectivity index (χ4n) is 3.68.